The van der Waals surface area contributed by atoms with E-state index in [4.69, 9.17) is 15.2 Å². The molecular formula is C15H29NO3. The van der Waals surface area contributed by atoms with E-state index in [1.165, 1.54) is 0 Å². The molecule has 0 aromatic heterocycles. The van der Waals surface area contributed by atoms with Gasteiger partial charge in [-0.15, -0.1) is 0 Å². The summed E-state index contributed by atoms with van der Waals surface area (Å²) in [6.07, 6.45) is 4.49. The third kappa shape index (κ3) is 6.39. The van der Waals surface area contributed by atoms with Crippen molar-refractivity contribution in [2.45, 2.75) is 59.0 Å². The third-order valence-corrected chi connectivity index (χ3v) is 3.89. The summed E-state index contributed by atoms with van der Waals surface area (Å²) in [5.41, 5.74) is 5.83. The van der Waals surface area contributed by atoms with Crippen LogP contribution >= 0.6 is 0 Å². The lowest BCUT2D eigenvalue weighted by Gasteiger charge is -2.30. The van der Waals surface area contributed by atoms with Crippen molar-refractivity contribution >= 4 is 5.97 Å². The van der Waals surface area contributed by atoms with Crippen molar-refractivity contribution in [1.29, 1.82) is 0 Å². The number of ether oxygens (including phenoxy) is 2. The summed E-state index contributed by atoms with van der Waals surface area (Å²) in [5.74, 6) is 0.356. The van der Waals surface area contributed by atoms with Crippen LogP contribution in [0.3, 0.4) is 0 Å². The van der Waals surface area contributed by atoms with Crippen molar-refractivity contribution in [3.8, 4) is 0 Å². The van der Waals surface area contributed by atoms with Crippen molar-refractivity contribution in [2.75, 3.05) is 19.8 Å². The van der Waals surface area contributed by atoms with Crippen LogP contribution in [0.5, 0.6) is 0 Å². The van der Waals surface area contributed by atoms with Crippen LogP contribution in [0.1, 0.15) is 52.9 Å². The molecule has 2 atom stereocenters. The minimum absolute atomic E-state index is 0.109. The number of carbonyl (C=O) groups excluding carboxylic acids is 1. The van der Waals surface area contributed by atoms with E-state index in [1.54, 1.807) is 0 Å². The lowest BCUT2D eigenvalue weighted by molar-refractivity contribution is -0.147. The zero-order chi connectivity index (χ0) is 14.3. The zero-order valence-corrected chi connectivity index (χ0v) is 12.6. The first-order chi connectivity index (χ1) is 8.93. The normalized spacial score (nSPS) is 21.4. The molecule has 0 saturated carbocycles. The van der Waals surface area contributed by atoms with Gasteiger partial charge in [0.1, 0.15) is 6.61 Å². The second kappa shape index (κ2) is 7.85. The number of rotatable bonds is 7. The predicted octanol–water partition coefficient (Wildman–Crippen LogP) is 2.50. The summed E-state index contributed by atoms with van der Waals surface area (Å²) in [4.78, 5) is 11.7. The van der Waals surface area contributed by atoms with Crippen molar-refractivity contribution in [1.82, 2.24) is 0 Å². The van der Waals surface area contributed by atoms with Crippen molar-refractivity contribution in [2.24, 2.45) is 17.1 Å². The molecule has 1 heterocycles. The maximum absolute atomic E-state index is 11.7. The molecule has 0 aromatic carbocycles. The Labute approximate surface area is 117 Å². The molecule has 1 aliphatic heterocycles. The number of esters is 1. The molecule has 0 spiro atoms. The lowest BCUT2D eigenvalue weighted by Crippen LogP contribution is -2.25. The molecule has 0 radical (unpaired) electrons. The topological polar surface area (TPSA) is 61.6 Å². The smallest absolute Gasteiger partial charge is 0.305 e. The first kappa shape index (κ1) is 16.4. The largest absolute Gasteiger partial charge is 0.463 e. The molecule has 1 saturated heterocycles. The quantitative estimate of drug-likeness (QED) is 0.723. The molecule has 19 heavy (non-hydrogen) atoms. The fourth-order valence-corrected chi connectivity index (χ4v) is 2.54. The monoisotopic (exact) mass is 271 g/mol. The molecule has 2 N–H and O–H groups in total. The first-order valence-electron chi connectivity index (χ1n) is 7.40. The van der Waals surface area contributed by atoms with E-state index in [0.29, 0.717) is 25.5 Å². The highest BCUT2D eigenvalue weighted by Gasteiger charge is 2.25. The highest BCUT2D eigenvalue weighted by atomic mass is 16.6. The Morgan fingerprint density at radius 1 is 1.42 bits per heavy atom. The van der Waals surface area contributed by atoms with E-state index in [9.17, 15) is 4.79 Å². The first-order valence-corrected chi connectivity index (χ1v) is 7.40. The molecule has 0 amide bonds. The van der Waals surface area contributed by atoms with Crippen LogP contribution < -0.4 is 5.73 Å². The van der Waals surface area contributed by atoms with Gasteiger partial charge in [-0.05, 0) is 43.6 Å². The van der Waals surface area contributed by atoms with E-state index in [-0.39, 0.29) is 17.5 Å². The zero-order valence-electron chi connectivity index (χ0n) is 12.6. The Balaban J connectivity index is 2.23. The summed E-state index contributed by atoms with van der Waals surface area (Å²) in [7, 11) is 0. The summed E-state index contributed by atoms with van der Waals surface area (Å²) in [6, 6.07) is 0. The summed E-state index contributed by atoms with van der Waals surface area (Å²) < 4.78 is 10.7. The number of nitrogens with two attached hydrogens (primary N) is 1. The molecule has 0 aromatic rings. The molecule has 4 heteroatoms. The molecular weight excluding hydrogens is 242 g/mol. The molecule has 4 nitrogen and oxygen atoms in total. The van der Waals surface area contributed by atoms with Gasteiger partial charge in [0, 0.05) is 13.0 Å². The summed E-state index contributed by atoms with van der Waals surface area (Å²) >= 11 is 0. The van der Waals surface area contributed by atoms with Crippen LogP contribution in [-0.4, -0.2) is 31.8 Å². The minimum Gasteiger partial charge on any atom is -0.463 e. The van der Waals surface area contributed by atoms with Crippen LogP contribution in [0.25, 0.3) is 0 Å². The van der Waals surface area contributed by atoms with Gasteiger partial charge in [-0.1, -0.05) is 20.8 Å². The molecule has 2 unspecified atom stereocenters. The van der Waals surface area contributed by atoms with Gasteiger partial charge in [-0.3, -0.25) is 4.79 Å². The van der Waals surface area contributed by atoms with Crippen LogP contribution in [0.4, 0.5) is 0 Å². The van der Waals surface area contributed by atoms with Gasteiger partial charge in [0.15, 0.2) is 0 Å². The highest BCUT2D eigenvalue weighted by molar-refractivity contribution is 5.69. The third-order valence-electron chi connectivity index (χ3n) is 3.89. The highest BCUT2D eigenvalue weighted by Crippen LogP contribution is 2.32. The predicted molar refractivity (Wildman–Crippen MR) is 75.8 cm³/mol. The second-order valence-corrected chi connectivity index (χ2v) is 6.50. The van der Waals surface area contributed by atoms with Gasteiger partial charge in [-0.2, -0.15) is 0 Å². The van der Waals surface area contributed by atoms with Crippen LogP contribution in [0, 0.1) is 11.3 Å². The van der Waals surface area contributed by atoms with E-state index < -0.39 is 0 Å². The average molecular weight is 271 g/mol. The second-order valence-electron chi connectivity index (χ2n) is 6.50. The number of hydrogen-bond donors (Lipinski definition) is 1. The van der Waals surface area contributed by atoms with Gasteiger partial charge in [0.25, 0.3) is 0 Å². The van der Waals surface area contributed by atoms with E-state index in [1.807, 2.05) is 0 Å². The van der Waals surface area contributed by atoms with Gasteiger partial charge >= 0.3 is 5.97 Å². The van der Waals surface area contributed by atoms with Gasteiger partial charge in [-0.25, -0.2) is 0 Å². The standard InChI is InChI=1S/C15H29NO3/c1-15(2,3)12(8-9-16)6-7-14(17)19-11-13-5-4-10-18-13/h12-13H,4-11,16H2,1-3H3. The molecule has 0 bridgehead atoms. The Morgan fingerprint density at radius 2 is 2.16 bits per heavy atom. The van der Waals surface area contributed by atoms with E-state index >= 15 is 0 Å². The van der Waals surface area contributed by atoms with E-state index in [2.05, 4.69) is 20.8 Å². The minimum atomic E-state index is -0.109. The molecule has 112 valence electrons. The summed E-state index contributed by atoms with van der Waals surface area (Å²) in [6.45, 7) is 8.48. The lowest BCUT2D eigenvalue weighted by atomic mass is 9.76. The number of carbonyl (C=O) groups is 1. The Kier molecular flexibility index (Phi) is 6.80. The molecule has 1 aliphatic rings. The van der Waals surface area contributed by atoms with Gasteiger partial charge in [0.2, 0.25) is 0 Å². The van der Waals surface area contributed by atoms with Crippen molar-refractivity contribution in [3.63, 3.8) is 0 Å². The maximum Gasteiger partial charge on any atom is 0.305 e. The average Bonchev–Trinajstić information content (AvgIpc) is 2.83. The van der Waals surface area contributed by atoms with Crippen molar-refractivity contribution in [3.05, 3.63) is 0 Å². The number of hydrogen-bond acceptors (Lipinski definition) is 4. The molecule has 1 rings (SSSR count). The summed E-state index contributed by atoms with van der Waals surface area (Å²) in [5, 5.41) is 0. The van der Waals surface area contributed by atoms with Crippen LogP contribution in [0.2, 0.25) is 0 Å². The molecule has 0 aliphatic carbocycles. The fourth-order valence-electron chi connectivity index (χ4n) is 2.54. The SMILES string of the molecule is CC(C)(C)C(CCN)CCC(=O)OCC1CCCO1. The fraction of sp³-hybridized carbons (Fsp3) is 0.933. The van der Waals surface area contributed by atoms with Crippen LogP contribution in [0.15, 0.2) is 0 Å². The van der Waals surface area contributed by atoms with Gasteiger partial charge < -0.3 is 15.2 Å². The Hall–Kier alpha value is -0.610. The Bertz CT molecular complexity index is 267. The maximum atomic E-state index is 11.7. The Morgan fingerprint density at radius 3 is 2.68 bits per heavy atom. The van der Waals surface area contributed by atoms with E-state index in [0.717, 1.165) is 32.3 Å². The molecule has 1 fully saturated rings. The van der Waals surface area contributed by atoms with Crippen LogP contribution in [-0.2, 0) is 14.3 Å². The van der Waals surface area contributed by atoms with Gasteiger partial charge in [0.05, 0.1) is 6.10 Å². The van der Waals surface area contributed by atoms with Crippen molar-refractivity contribution < 1.29 is 14.3 Å².